The van der Waals surface area contributed by atoms with Crippen molar-refractivity contribution in [1.29, 1.82) is 0 Å². The van der Waals surface area contributed by atoms with Crippen LogP contribution in [0.1, 0.15) is 0 Å². The van der Waals surface area contributed by atoms with Crippen molar-refractivity contribution in [3.05, 3.63) is 14.4 Å². The van der Waals surface area contributed by atoms with Gasteiger partial charge in [0.25, 0.3) is 0 Å². The molecule has 0 aliphatic heterocycles. The minimum Gasteiger partial charge on any atom is -0.480 e. The quantitative estimate of drug-likeness (QED) is 0.778. The molecule has 0 aliphatic rings. The van der Waals surface area contributed by atoms with E-state index >= 15 is 0 Å². The van der Waals surface area contributed by atoms with Crippen LogP contribution in [-0.4, -0.2) is 21.7 Å². The van der Waals surface area contributed by atoms with E-state index < -0.39 is 0 Å². The zero-order valence-corrected chi connectivity index (χ0v) is 10.9. The molecular weight excluding hydrogens is 363 g/mol. The van der Waals surface area contributed by atoms with Gasteiger partial charge in [0.1, 0.15) is 11.8 Å². The number of hydrogen-bond donors (Lipinski definition) is 1. The van der Waals surface area contributed by atoms with Gasteiger partial charge in [0.2, 0.25) is 5.88 Å². The molecule has 0 amide bonds. The van der Waals surface area contributed by atoms with Crippen molar-refractivity contribution in [2.75, 3.05) is 12.8 Å². The molecular formula is C7H6BrIN4O. The number of rotatable bonds is 1. The Morgan fingerprint density at radius 1 is 1.64 bits per heavy atom. The molecule has 0 unspecified atom stereocenters. The molecule has 14 heavy (non-hydrogen) atoms. The van der Waals surface area contributed by atoms with E-state index in [9.17, 15) is 0 Å². The minimum atomic E-state index is 0.438. The summed E-state index contributed by atoms with van der Waals surface area (Å²) in [4.78, 5) is 3.92. The molecule has 0 bridgehead atoms. The van der Waals surface area contributed by atoms with Gasteiger partial charge in [0, 0.05) is 0 Å². The summed E-state index contributed by atoms with van der Waals surface area (Å²) in [5, 5.41) is 4.06. The summed E-state index contributed by atoms with van der Waals surface area (Å²) >= 11 is 5.58. The lowest BCUT2D eigenvalue weighted by atomic mass is 10.5. The van der Waals surface area contributed by atoms with E-state index in [0.29, 0.717) is 11.7 Å². The van der Waals surface area contributed by atoms with Crippen molar-refractivity contribution < 1.29 is 4.74 Å². The Morgan fingerprint density at radius 2 is 2.36 bits per heavy atom. The summed E-state index contributed by atoms with van der Waals surface area (Å²) in [6.45, 7) is 0. The number of aromatic nitrogens is 3. The zero-order chi connectivity index (χ0) is 10.3. The van der Waals surface area contributed by atoms with Gasteiger partial charge >= 0.3 is 0 Å². The van der Waals surface area contributed by atoms with Crippen LogP contribution < -0.4 is 10.5 Å². The van der Waals surface area contributed by atoms with Crippen LogP contribution in [-0.2, 0) is 0 Å². The van der Waals surface area contributed by atoms with Crippen molar-refractivity contribution in [2.45, 2.75) is 0 Å². The third kappa shape index (κ3) is 1.26. The van der Waals surface area contributed by atoms with Crippen LogP contribution in [0.3, 0.4) is 0 Å². The lowest BCUT2D eigenvalue weighted by molar-refractivity contribution is 0.384. The molecule has 0 radical (unpaired) electrons. The predicted molar refractivity (Wildman–Crippen MR) is 64.4 cm³/mol. The first-order valence-corrected chi connectivity index (χ1v) is 5.54. The summed E-state index contributed by atoms with van der Waals surface area (Å²) in [5.41, 5.74) is 6.50. The molecule has 0 aliphatic carbocycles. The molecule has 0 atom stereocenters. The van der Waals surface area contributed by atoms with E-state index in [-0.39, 0.29) is 0 Å². The minimum absolute atomic E-state index is 0.438. The van der Waals surface area contributed by atoms with Gasteiger partial charge in [-0.05, 0) is 38.5 Å². The Hall–Kier alpha value is -0.570. The van der Waals surface area contributed by atoms with E-state index in [4.69, 9.17) is 10.5 Å². The number of anilines is 1. The van der Waals surface area contributed by atoms with Crippen LogP contribution in [0.5, 0.6) is 5.88 Å². The van der Waals surface area contributed by atoms with Crippen LogP contribution >= 0.6 is 38.5 Å². The number of fused-ring (bicyclic) bond motifs is 1. The maximum atomic E-state index is 5.74. The number of hydrogen-bond acceptors (Lipinski definition) is 4. The second-order valence-corrected chi connectivity index (χ2v) is 4.41. The molecule has 0 saturated heterocycles. The number of halogens is 2. The Bertz CT molecular complexity index is 498. The molecule has 2 aromatic rings. The highest BCUT2D eigenvalue weighted by molar-refractivity contribution is 14.1. The van der Waals surface area contributed by atoms with Gasteiger partial charge < -0.3 is 10.5 Å². The highest BCUT2D eigenvalue weighted by Crippen LogP contribution is 2.36. The molecule has 2 N–H and O–H groups in total. The predicted octanol–water partition coefficient (Wildman–Crippen LogP) is 1.69. The Morgan fingerprint density at radius 3 is 3.00 bits per heavy atom. The molecule has 0 aromatic carbocycles. The molecule has 7 heteroatoms. The number of nitrogens with zero attached hydrogens (tertiary/aromatic N) is 3. The van der Waals surface area contributed by atoms with Crippen molar-refractivity contribution in [1.82, 2.24) is 14.6 Å². The standard InChI is InChI=1S/C7H6BrIN4O/c1-14-7-3(8)4(9)5-6(10)11-2-12-13(5)7/h2H,1H3,(H2,10,11,12). The van der Waals surface area contributed by atoms with E-state index in [0.717, 1.165) is 13.6 Å². The summed E-state index contributed by atoms with van der Waals surface area (Å²) in [5.74, 6) is 1.06. The Labute approximate surface area is 102 Å². The molecule has 0 saturated carbocycles. The smallest absolute Gasteiger partial charge is 0.230 e. The average Bonchev–Trinajstić information content (AvgIpc) is 2.41. The SMILES string of the molecule is COc1c(Br)c(I)c2c(N)ncnn12. The molecule has 2 heterocycles. The number of methoxy groups -OCH3 is 1. The summed E-state index contributed by atoms with van der Waals surface area (Å²) in [6.07, 6.45) is 1.40. The highest BCUT2D eigenvalue weighted by Gasteiger charge is 2.18. The molecule has 2 aromatic heterocycles. The largest absolute Gasteiger partial charge is 0.480 e. The van der Waals surface area contributed by atoms with Gasteiger partial charge in [0.05, 0.1) is 15.2 Å². The Balaban J connectivity index is 2.95. The second-order valence-electron chi connectivity index (χ2n) is 2.54. The fourth-order valence-corrected chi connectivity index (χ4v) is 2.45. The van der Waals surface area contributed by atoms with Gasteiger partial charge in [-0.3, -0.25) is 0 Å². The van der Waals surface area contributed by atoms with Gasteiger partial charge in [-0.25, -0.2) is 4.98 Å². The number of nitrogen functional groups attached to an aromatic ring is 1. The molecule has 5 nitrogen and oxygen atoms in total. The van der Waals surface area contributed by atoms with Crippen molar-refractivity contribution in [3.8, 4) is 5.88 Å². The molecule has 0 spiro atoms. The first-order chi connectivity index (χ1) is 6.66. The van der Waals surface area contributed by atoms with Crippen LogP contribution in [0.4, 0.5) is 5.82 Å². The Kier molecular flexibility index (Phi) is 2.52. The van der Waals surface area contributed by atoms with Crippen molar-refractivity contribution in [3.63, 3.8) is 0 Å². The van der Waals surface area contributed by atoms with E-state index in [1.165, 1.54) is 6.33 Å². The first kappa shape index (κ1) is 9.97. The topological polar surface area (TPSA) is 65.4 Å². The number of ether oxygens (including phenoxy) is 1. The molecule has 2 rings (SSSR count). The van der Waals surface area contributed by atoms with E-state index in [1.807, 2.05) is 0 Å². The summed E-state index contributed by atoms with van der Waals surface area (Å²) in [7, 11) is 1.58. The third-order valence-electron chi connectivity index (χ3n) is 1.79. The highest BCUT2D eigenvalue weighted by atomic mass is 127. The average molecular weight is 369 g/mol. The van der Waals surface area contributed by atoms with E-state index in [1.54, 1.807) is 11.6 Å². The second kappa shape index (κ2) is 3.54. The van der Waals surface area contributed by atoms with Gasteiger partial charge in [0.15, 0.2) is 5.82 Å². The maximum absolute atomic E-state index is 5.74. The van der Waals surface area contributed by atoms with Crippen LogP contribution in [0, 0.1) is 3.57 Å². The lowest BCUT2D eigenvalue weighted by Gasteiger charge is -2.00. The summed E-state index contributed by atoms with van der Waals surface area (Å²) < 4.78 is 8.60. The van der Waals surface area contributed by atoms with Gasteiger partial charge in [-0.1, -0.05) is 0 Å². The normalized spacial score (nSPS) is 10.8. The monoisotopic (exact) mass is 368 g/mol. The van der Waals surface area contributed by atoms with Crippen LogP contribution in [0.2, 0.25) is 0 Å². The van der Waals surface area contributed by atoms with Gasteiger partial charge in [-0.15, -0.1) is 0 Å². The lowest BCUT2D eigenvalue weighted by Crippen LogP contribution is -2.00. The van der Waals surface area contributed by atoms with E-state index in [2.05, 4.69) is 48.6 Å². The molecule has 74 valence electrons. The van der Waals surface area contributed by atoms with Crippen LogP contribution in [0.25, 0.3) is 5.52 Å². The fourth-order valence-electron chi connectivity index (χ4n) is 1.19. The zero-order valence-electron chi connectivity index (χ0n) is 7.16. The van der Waals surface area contributed by atoms with Crippen molar-refractivity contribution in [2.24, 2.45) is 0 Å². The third-order valence-corrected chi connectivity index (χ3v) is 4.32. The fraction of sp³-hybridized carbons (Fsp3) is 0.143. The number of nitrogens with two attached hydrogens (primary N) is 1. The first-order valence-electron chi connectivity index (χ1n) is 3.67. The van der Waals surface area contributed by atoms with Gasteiger partial charge in [-0.2, -0.15) is 9.61 Å². The summed E-state index contributed by atoms with van der Waals surface area (Å²) in [6, 6.07) is 0. The molecule has 0 fully saturated rings. The van der Waals surface area contributed by atoms with Crippen LogP contribution in [0.15, 0.2) is 10.8 Å². The maximum Gasteiger partial charge on any atom is 0.230 e. The van der Waals surface area contributed by atoms with Crippen molar-refractivity contribution >= 4 is 49.9 Å².